The van der Waals surface area contributed by atoms with Crippen LogP contribution >= 0.6 is 0 Å². The Labute approximate surface area is 118 Å². The Kier molecular flexibility index (Phi) is 3.63. The highest BCUT2D eigenvalue weighted by molar-refractivity contribution is 6.03. The SMILES string of the molecule is COc1ccc2c(c1)CCC/C2=N/Nc1ccccn1. The summed E-state index contributed by atoms with van der Waals surface area (Å²) in [5.74, 6) is 1.67. The minimum atomic E-state index is 0.764. The highest BCUT2D eigenvalue weighted by Gasteiger charge is 2.16. The van der Waals surface area contributed by atoms with E-state index in [1.165, 1.54) is 11.1 Å². The van der Waals surface area contributed by atoms with Gasteiger partial charge in [-0.1, -0.05) is 6.07 Å². The molecule has 0 fully saturated rings. The summed E-state index contributed by atoms with van der Waals surface area (Å²) in [6, 6.07) is 11.9. The molecule has 0 saturated heterocycles. The van der Waals surface area contributed by atoms with Gasteiger partial charge in [0.2, 0.25) is 0 Å². The number of aryl methyl sites for hydroxylation is 1. The molecule has 3 rings (SSSR count). The largest absolute Gasteiger partial charge is 0.497 e. The summed E-state index contributed by atoms with van der Waals surface area (Å²) in [6.45, 7) is 0. The molecule has 1 heterocycles. The zero-order valence-corrected chi connectivity index (χ0v) is 11.5. The van der Waals surface area contributed by atoms with Crippen LogP contribution in [0.25, 0.3) is 0 Å². The zero-order valence-electron chi connectivity index (χ0n) is 11.5. The molecule has 0 spiro atoms. The smallest absolute Gasteiger partial charge is 0.146 e. The lowest BCUT2D eigenvalue weighted by Gasteiger charge is -2.18. The van der Waals surface area contributed by atoms with Crippen LogP contribution < -0.4 is 10.2 Å². The van der Waals surface area contributed by atoms with Gasteiger partial charge in [0.15, 0.2) is 0 Å². The summed E-state index contributed by atoms with van der Waals surface area (Å²) < 4.78 is 5.28. The van der Waals surface area contributed by atoms with E-state index in [9.17, 15) is 0 Å². The van der Waals surface area contributed by atoms with Gasteiger partial charge in [0, 0.05) is 11.8 Å². The summed E-state index contributed by atoms with van der Waals surface area (Å²) in [7, 11) is 1.70. The van der Waals surface area contributed by atoms with Crippen LogP contribution in [0.5, 0.6) is 5.75 Å². The molecule has 4 nitrogen and oxygen atoms in total. The molecule has 2 aromatic rings. The lowest BCUT2D eigenvalue weighted by atomic mass is 9.90. The number of pyridine rings is 1. The number of benzene rings is 1. The number of hydrogen-bond acceptors (Lipinski definition) is 4. The van der Waals surface area contributed by atoms with Gasteiger partial charge in [-0.2, -0.15) is 5.10 Å². The minimum absolute atomic E-state index is 0.764. The second-order valence-electron chi connectivity index (χ2n) is 4.76. The van der Waals surface area contributed by atoms with Crippen LogP contribution in [0.3, 0.4) is 0 Å². The molecule has 0 unspecified atom stereocenters. The summed E-state index contributed by atoms with van der Waals surface area (Å²) in [5, 5.41) is 4.51. The first-order valence-electron chi connectivity index (χ1n) is 6.78. The second-order valence-corrected chi connectivity index (χ2v) is 4.76. The second kappa shape index (κ2) is 5.74. The molecule has 1 N–H and O–H groups in total. The van der Waals surface area contributed by atoms with Crippen molar-refractivity contribution in [3.8, 4) is 5.75 Å². The lowest BCUT2D eigenvalue weighted by molar-refractivity contribution is 0.414. The van der Waals surface area contributed by atoms with E-state index >= 15 is 0 Å². The molecule has 1 aliphatic rings. The molecule has 0 aliphatic heterocycles. The highest BCUT2D eigenvalue weighted by Crippen LogP contribution is 2.25. The number of anilines is 1. The Balaban J connectivity index is 1.86. The topological polar surface area (TPSA) is 46.5 Å². The maximum atomic E-state index is 5.28. The number of nitrogens with zero attached hydrogens (tertiary/aromatic N) is 2. The van der Waals surface area contributed by atoms with Gasteiger partial charge in [-0.15, -0.1) is 0 Å². The molecule has 1 aromatic carbocycles. The highest BCUT2D eigenvalue weighted by atomic mass is 16.5. The molecular formula is C16H17N3O. The maximum Gasteiger partial charge on any atom is 0.146 e. The zero-order chi connectivity index (χ0) is 13.8. The Morgan fingerprint density at radius 2 is 2.15 bits per heavy atom. The van der Waals surface area contributed by atoms with E-state index in [2.05, 4.69) is 27.6 Å². The van der Waals surface area contributed by atoms with Crippen LogP contribution in [-0.4, -0.2) is 17.8 Å². The maximum absolute atomic E-state index is 5.28. The predicted octanol–water partition coefficient (Wildman–Crippen LogP) is 3.24. The van der Waals surface area contributed by atoms with E-state index in [4.69, 9.17) is 4.74 Å². The average molecular weight is 267 g/mol. The molecule has 4 heteroatoms. The third-order valence-electron chi connectivity index (χ3n) is 3.45. The number of aromatic nitrogens is 1. The average Bonchev–Trinajstić information content (AvgIpc) is 2.53. The molecule has 0 bridgehead atoms. The first kappa shape index (κ1) is 12.7. The van der Waals surface area contributed by atoms with Crippen molar-refractivity contribution in [3.63, 3.8) is 0 Å². The number of hydrazone groups is 1. The third-order valence-corrected chi connectivity index (χ3v) is 3.45. The van der Waals surface area contributed by atoms with Crippen molar-refractivity contribution < 1.29 is 4.74 Å². The quantitative estimate of drug-likeness (QED) is 0.868. The van der Waals surface area contributed by atoms with E-state index in [-0.39, 0.29) is 0 Å². The van der Waals surface area contributed by atoms with E-state index in [0.717, 1.165) is 36.5 Å². The normalized spacial score (nSPS) is 15.8. The van der Waals surface area contributed by atoms with Crippen LogP contribution in [-0.2, 0) is 6.42 Å². The molecule has 0 saturated carbocycles. The van der Waals surface area contributed by atoms with Gasteiger partial charge in [0.1, 0.15) is 11.6 Å². The van der Waals surface area contributed by atoms with Crippen molar-refractivity contribution >= 4 is 11.5 Å². The number of hydrogen-bond donors (Lipinski definition) is 1. The van der Waals surface area contributed by atoms with Crippen LogP contribution in [0.1, 0.15) is 24.0 Å². The van der Waals surface area contributed by atoms with Gasteiger partial charge in [-0.25, -0.2) is 4.98 Å². The fourth-order valence-electron chi connectivity index (χ4n) is 2.44. The van der Waals surface area contributed by atoms with E-state index in [1.54, 1.807) is 13.3 Å². The van der Waals surface area contributed by atoms with Crippen LogP contribution in [0.2, 0.25) is 0 Å². The number of ether oxygens (including phenoxy) is 1. The summed E-state index contributed by atoms with van der Waals surface area (Å²) in [4.78, 5) is 4.21. The van der Waals surface area contributed by atoms with Crippen LogP contribution in [0, 0.1) is 0 Å². The van der Waals surface area contributed by atoms with Crippen LogP contribution in [0.15, 0.2) is 47.7 Å². The fourth-order valence-corrected chi connectivity index (χ4v) is 2.44. The van der Waals surface area contributed by atoms with Crippen molar-refractivity contribution in [2.45, 2.75) is 19.3 Å². The standard InChI is InChI=1S/C16H17N3O/c1-20-13-8-9-14-12(11-13)5-4-6-15(14)18-19-16-7-2-3-10-17-16/h2-3,7-11H,4-6H2,1H3,(H,17,19)/b18-15-. The monoisotopic (exact) mass is 267 g/mol. The van der Waals surface area contributed by atoms with Gasteiger partial charge in [-0.3, -0.25) is 5.43 Å². The van der Waals surface area contributed by atoms with Crippen molar-refractivity contribution in [2.24, 2.45) is 5.10 Å². The molecular weight excluding hydrogens is 250 g/mol. The molecule has 0 amide bonds. The van der Waals surface area contributed by atoms with E-state index in [1.807, 2.05) is 24.3 Å². The Bertz CT molecular complexity index is 623. The van der Waals surface area contributed by atoms with E-state index < -0.39 is 0 Å². The lowest BCUT2D eigenvalue weighted by Crippen LogP contribution is -2.13. The van der Waals surface area contributed by atoms with Crippen molar-refractivity contribution in [3.05, 3.63) is 53.7 Å². The minimum Gasteiger partial charge on any atom is -0.497 e. The number of methoxy groups -OCH3 is 1. The summed E-state index contributed by atoms with van der Waals surface area (Å²) >= 11 is 0. The molecule has 1 aliphatic carbocycles. The Morgan fingerprint density at radius 1 is 1.20 bits per heavy atom. The number of rotatable bonds is 3. The predicted molar refractivity (Wildman–Crippen MR) is 80.3 cm³/mol. The summed E-state index contributed by atoms with van der Waals surface area (Å²) in [6.07, 6.45) is 4.93. The molecule has 102 valence electrons. The van der Waals surface area contributed by atoms with Gasteiger partial charge in [-0.05, 0) is 55.2 Å². The van der Waals surface area contributed by atoms with Crippen LogP contribution in [0.4, 0.5) is 5.82 Å². The first-order valence-corrected chi connectivity index (χ1v) is 6.78. The van der Waals surface area contributed by atoms with Crippen molar-refractivity contribution in [2.75, 3.05) is 12.5 Å². The van der Waals surface area contributed by atoms with Crippen molar-refractivity contribution in [1.29, 1.82) is 0 Å². The molecule has 20 heavy (non-hydrogen) atoms. The molecule has 0 atom stereocenters. The first-order chi connectivity index (χ1) is 9.86. The van der Waals surface area contributed by atoms with Gasteiger partial charge in [0.25, 0.3) is 0 Å². The Morgan fingerprint density at radius 3 is 2.95 bits per heavy atom. The van der Waals surface area contributed by atoms with E-state index in [0.29, 0.717) is 0 Å². The Hall–Kier alpha value is -2.36. The summed E-state index contributed by atoms with van der Waals surface area (Å²) in [5.41, 5.74) is 6.62. The number of fused-ring (bicyclic) bond motifs is 1. The van der Waals surface area contributed by atoms with Gasteiger partial charge >= 0.3 is 0 Å². The van der Waals surface area contributed by atoms with Gasteiger partial charge < -0.3 is 4.74 Å². The third kappa shape index (κ3) is 2.64. The van der Waals surface area contributed by atoms with Gasteiger partial charge in [0.05, 0.1) is 12.8 Å². The number of nitrogens with one attached hydrogen (secondary N) is 1. The van der Waals surface area contributed by atoms with Crippen molar-refractivity contribution in [1.82, 2.24) is 4.98 Å². The molecule has 1 aromatic heterocycles. The molecule has 0 radical (unpaired) electrons. The fraction of sp³-hybridized carbons (Fsp3) is 0.250.